The molecule has 1 heteroatoms. The van der Waals surface area contributed by atoms with Gasteiger partial charge < -0.3 is 0 Å². The molecule has 0 aliphatic heterocycles. The van der Waals surface area contributed by atoms with E-state index in [-0.39, 0.29) is 5.92 Å². The summed E-state index contributed by atoms with van der Waals surface area (Å²) in [5.74, 6) is -0.0187. The second kappa shape index (κ2) is 10.7. The Hall–Kier alpha value is -4.41. The molecule has 0 spiro atoms. The van der Waals surface area contributed by atoms with Crippen LogP contribution in [-0.2, 0) is 5.41 Å². The molecule has 1 aliphatic carbocycles. The zero-order chi connectivity index (χ0) is 25.6. The van der Waals surface area contributed by atoms with Gasteiger partial charge in [-0.05, 0) is 35.6 Å². The molecule has 1 aliphatic rings. The Morgan fingerprint density at radius 3 is 1.59 bits per heavy atom. The number of benzene rings is 4. The summed E-state index contributed by atoms with van der Waals surface area (Å²) in [6.45, 7) is 2.21. The van der Waals surface area contributed by atoms with Crippen LogP contribution in [0.4, 0.5) is 0 Å². The topological polar surface area (TPSA) is 23.8 Å². The fraction of sp³-hybridized carbons (Fsp3) is 0.139. The van der Waals surface area contributed by atoms with Gasteiger partial charge in [0.1, 0.15) is 0 Å². The predicted molar refractivity (Wildman–Crippen MR) is 153 cm³/mol. The fourth-order valence-corrected chi connectivity index (χ4v) is 5.93. The summed E-state index contributed by atoms with van der Waals surface area (Å²) in [7, 11) is 0. The fourth-order valence-electron chi connectivity index (χ4n) is 5.93. The Kier molecular flexibility index (Phi) is 7.02. The molecule has 4 aromatic rings. The molecule has 0 bridgehead atoms. The van der Waals surface area contributed by atoms with Crippen LogP contribution in [0, 0.1) is 16.7 Å². The van der Waals surface area contributed by atoms with Gasteiger partial charge in [-0.2, -0.15) is 5.26 Å². The van der Waals surface area contributed by atoms with Gasteiger partial charge in [0.25, 0.3) is 0 Å². The minimum absolute atomic E-state index is 0.0187. The maximum atomic E-state index is 10.4. The minimum Gasteiger partial charge on any atom is -0.197 e. The van der Waals surface area contributed by atoms with Crippen LogP contribution >= 0.6 is 0 Å². The van der Waals surface area contributed by atoms with Crippen molar-refractivity contribution in [3.8, 4) is 6.07 Å². The summed E-state index contributed by atoms with van der Waals surface area (Å²) in [6, 6.07) is 45.8. The third-order valence-electron chi connectivity index (χ3n) is 7.56. The Labute approximate surface area is 220 Å². The van der Waals surface area contributed by atoms with Crippen molar-refractivity contribution in [2.75, 3.05) is 0 Å². The van der Waals surface area contributed by atoms with Crippen molar-refractivity contribution in [3.05, 3.63) is 180 Å². The van der Waals surface area contributed by atoms with Crippen LogP contribution in [-0.4, -0.2) is 0 Å². The van der Waals surface area contributed by atoms with Gasteiger partial charge in [0.2, 0.25) is 0 Å². The lowest BCUT2D eigenvalue weighted by Crippen LogP contribution is -2.38. The Morgan fingerprint density at radius 2 is 1.19 bits per heavy atom. The van der Waals surface area contributed by atoms with E-state index in [0.717, 1.165) is 5.57 Å². The summed E-state index contributed by atoms with van der Waals surface area (Å²) >= 11 is 0. The van der Waals surface area contributed by atoms with E-state index in [1.165, 1.54) is 22.3 Å². The summed E-state index contributed by atoms with van der Waals surface area (Å²) in [4.78, 5) is 0. The van der Waals surface area contributed by atoms with E-state index in [4.69, 9.17) is 0 Å². The second-order valence-corrected chi connectivity index (χ2v) is 9.77. The third-order valence-corrected chi connectivity index (χ3v) is 7.56. The maximum Gasteiger partial charge on any atom is 0.0973 e. The van der Waals surface area contributed by atoms with E-state index < -0.39 is 10.8 Å². The number of nitriles is 1. The Balaban J connectivity index is 1.91. The van der Waals surface area contributed by atoms with Gasteiger partial charge in [-0.25, -0.2) is 0 Å². The first-order valence-electron chi connectivity index (χ1n) is 12.9. The van der Waals surface area contributed by atoms with Gasteiger partial charge in [0, 0.05) is 5.92 Å². The van der Waals surface area contributed by atoms with Crippen molar-refractivity contribution in [2.24, 2.45) is 5.41 Å². The number of nitrogens with zero attached hydrogens (tertiary/aromatic N) is 1. The SMILES string of the molecule is CC(=CC1(C#N)C=CC=CC1)C(c1ccccc1)(c1ccccc1)C(c1ccccc1)c1ccccc1. The molecule has 37 heavy (non-hydrogen) atoms. The third kappa shape index (κ3) is 4.59. The van der Waals surface area contributed by atoms with Crippen LogP contribution in [0.3, 0.4) is 0 Å². The Bertz CT molecular complexity index is 1360. The van der Waals surface area contributed by atoms with E-state index in [2.05, 4.69) is 146 Å². The predicted octanol–water partition coefficient (Wildman–Crippen LogP) is 8.78. The van der Waals surface area contributed by atoms with Crippen molar-refractivity contribution in [2.45, 2.75) is 24.7 Å². The average molecular weight is 478 g/mol. The first-order valence-corrected chi connectivity index (χ1v) is 12.9. The number of hydrogen-bond donors (Lipinski definition) is 0. The molecule has 0 radical (unpaired) electrons. The Morgan fingerprint density at radius 1 is 0.730 bits per heavy atom. The summed E-state index contributed by atoms with van der Waals surface area (Å²) in [6.07, 6.45) is 11.0. The number of hydrogen-bond acceptors (Lipinski definition) is 1. The highest BCUT2D eigenvalue weighted by molar-refractivity contribution is 5.57. The van der Waals surface area contributed by atoms with Crippen molar-refractivity contribution >= 4 is 0 Å². The minimum atomic E-state index is -0.689. The summed E-state index contributed by atoms with van der Waals surface area (Å²) in [5, 5.41) is 10.4. The molecule has 1 nitrogen and oxygen atoms in total. The van der Waals surface area contributed by atoms with E-state index >= 15 is 0 Å². The zero-order valence-corrected chi connectivity index (χ0v) is 21.2. The number of allylic oxidation sites excluding steroid dienone is 6. The lowest BCUT2D eigenvalue weighted by Gasteiger charge is -2.45. The quantitative estimate of drug-likeness (QED) is 0.244. The molecule has 5 rings (SSSR count). The molecule has 0 saturated heterocycles. The van der Waals surface area contributed by atoms with Gasteiger partial charge >= 0.3 is 0 Å². The van der Waals surface area contributed by atoms with Crippen LogP contribution in [0.15, 0.2) is 157 Å². The van der Waals surface area contributed by atoms with Crippen molar-refractivity contribution < 1.29 is 0 Å². The molecule has 0 fully saturated rings. The second-order valence-electron chi connectivity index (χ2n) is 9.77. The molecule has 0 saturated carbocycles. The molecule has 180 valence electrons. The van der Waals surface area contributed by atoms with Gasteiger partial charge in [-0.3, -0.25) is 0 Å². The van der Waals surface area contributed by atoms with Crippen LogP contribution < -0.4 is 0 Å². The smallest absolute Gasteiger partial charge is 0.0973 e. The first kappa shape index (κ1) is 24.3. The largest absolute Gasteiger partial charge is 0.197 e. The molecule has 0 amide bonds. The van der Waals surface area contributed by atoms with Gasteiger partial charge in [-0.1, -0.05) is 157 Å². The maximum absolute atomic E-state index is 10.4. The van der Waals surface area contributed by atoms with Crippen LogP contribution in [0.25, 0.3) is 0 Å². The van der Waals surface area contributed by atoms with Crippen molar-refractivity contribution in [3.63, 3.8) is 0 Å². The molecule has 0 heterocycles. The van der Waals surface area contributed by atoms with Gasteiger partial charge in [0.05, 0.1) is 16.9 Å². The molecule has 1 atom stereocenters. The highest BCUT2D eigenvalue weighted by atomic mass is 14.5. The lowest BCUT2D eigenvalue weighted by molar-refractivity contribution is 0.512. The van der Waals surface area contributed by atoms with E-state index in [0.29, 0.717) is 6.42 Å². The highest BCUT2D eigenvalue weighted by Gasteiger charge is 2.46. The van der Waals surface area contributed by atoms with E-state index in [9.17, 15) is 5.26 Å². The normalized spacial score (nSPS) is 17.5. The van der Waals surface area contributed by atoms with Crippen molar-refractivity contribution in [1.82, 2.24) is 0 Å². The highest BCUT2D eigenvalue weighted by Crippen LogP contribution is 2.53. The summed E-state index contributed by atoms with van der Waals surface area (Å²) in [5.41, 5.74) is 4.80. The van der Waals surface area contributed by atoms with Crippen LogP contribution in [0.2, 0.25) is 0 Å². The monoisotopic (exact) mass is 477 g/mol. The molecule has 0 N–H and O–H groups in total. The van der Waals surface area contributed by atoms with E-state index in [1.807, 2.05) is 18.2 Å². The van der Waals surface area contributed by atoms with Gasteiger partial charge in [-0.15, -0.1) is 0 Å². The summed E-state index contributed by atoms with van der Waals surface area (Å²) < 4.78 is 0. The molecular formula is C36H31N. The van der Waals surface area contributed by atoms with E-state index in [1.54, 1.807) is 0 Å². The molecule has 1 unspecified atom stereocenters. The van der Waals surface area contributed by atoms with Crippen LogP contribution in [0.1, 0.15) is 41.5 Å². The van der Waals surface area contributed by atoms with Crippen LogP contribution in [0.5, 0.6) is 0 Å². The first-order chi connectivity index (χ1) is 18.2. The number of rotatable bonds is 7. The van der Waals surface area contributed by atoms with Crippen molar-refractivity contribution in [1.29, 1.82) is 5.26 Å². The average Bonchev–Trinajstić information content (AvgIpc) is 2.98. The molecular weight excluding hydrogens is 446 g/mol. The standard InChI is InChI=1S/C36H31N/c1-29(27-35(28-37)25-15-6-16-26-35)36(32-21-11-4-12-22-32,33-23-13-5-14-24-33)34(30-17-7-2-8-18-30)31-19-9-3-10-20-31/h2-25,27,34H,26H2,1H3. The zero-order valence-electron chi connectivity index (χ0n) is 21.2. The lowest BCUT2D eigenvalue weighted by atomic mass is 9.57. The van der Waals surface area contributed by atoms with Gasteiger partial charge in [0.15, 0.2) is 0 Å². The molecule has 0 aromatic heterocycles. The molecule has 4 aromatic carbocycles.